The summed E-state index contributed by atoms with van der Waals surface area (Å²) in [7, 11) is 0. The molecule has 1 amide bonds. The molecule has 1 aliphatic rings. The fourth-order valence-corrected chi connectivity index (χ4v) is 2.43. The highest BCUT2D eigenvalue weighted by atomic mass is 19.4. The first kappa shape index (κ1) is 19.6. The SMILES string of the molecule is CC(=O)N1CCC(N)c2ncccc21.Fc1ccccc1OC(F)(F)F. The molecule has 140 valence electrons. The van der Waals surface area contributed by atoms with E-state index < -0.39 is 17.9 Å². The molecular weight excluding hydrogens is 354 g/mol. The van der Waals surface area contributed by atoms with E-state index in [-0.39, 0.29) is 11.9 Å². The van der Waals surface area contributed by atoms with E-state index in [1.807, 2.05) is 12.1 Å². The van der Waals surface area contributed by atoms with E-state index in [4.69, 9.17) is 5.73 Å². The van der Waals surface area contributed by atoms with Crippen LogP contribution in [-0.4, -0.2) is 23.8 Å². The van der Waals surface area contributed by atoms with Crippen LogP contribution in [0.1, 0.15) is 25.1 Å². The number of carbonyl (C=O) groups excluding carboxylic acids is 1. The second-order valence-electron chi connectivity index (χ2n) is 5.45. The lowest BCUT2D eigenvalue weighted by atomic mass is 10.0. The monoisotopic (exact) mass is 371 g/mol. The Morgan fingerprint density at radius 3 is 2.58 bits per heavy atom. The summed E-state index contributed by atoms with van der Waals surface area (Å²) in [6, 6.07) is 8.00. The Labute approximate surface area is 147 Å². The lowest BCUT2D eigenvalue weighted by Crippen LogP contribution is -2.37. The smallest absolute Gasteiger partial charge is 0.403 e. The molecule has 3 rings (SSSR count). The summed E-state index contributed by atoms with van der Waals surface area (Å²) < 4.78 is 50.4. The number of pyridine rings is 1. The van der Waals surface area contributed by atoms with Crippen molar-refractivity contribution in [2.75, 3.05) is 11.4 Å². The maximum Gasteiger partial charge on any atom is 0.573 e. The molecule has 5 nitrogen and oxygen atoms in total. The second-order valence-corrected chi connectivity index (χ2v) is 5.45. The number of halogens is 4. The van der Waals surface area contributed by atoms with Gasteiger partial charge in [0.15, 0.2) is 11.6 Å². The molecule has 0 bridgehead atoms. The van der Waals surface area contributed by atoms with Crippen molar-refractivity contribution < 1.29 is 27.1 Å². The standard InChI is InChI=1S/C10H13N3O.C7H4F4O/c1-7(14)13-6-4-8(11)10-9(13)3-2-5-12-10;8-5-3-1-2-4-6(5)12-7(9,10)11/h2-3,5,8H,4,6,11H2,1H3;1-4H. The number of alkyl halides is 3. The van der Waals surface area contributed by atoms with Gasteiger partial charge in [0.25, 0.3) is 0 Å². The molecule has 0 fully saturated rings. The molecule has 2 aromatic rings. The number of benzene rings is 1. The molecular formula is C17H17F4N3O2. The van der Waals surface area contributed by atoms with Crippen LogP contribution < -0.4 is 15.4 Å². The van der Waals surface area contributed by atoms with Crippen molar-refractivity contribution in [3.63, 3.8) is 0 Å². The van der Waals surface area contributed by atoms with Crippen LogP contribution in [0.3, 0.4) is 0 Å². The zero-order valence-corrected chi connectivity index (χ0v) is 13.8. The number of anilines is 1. The third-order valence-corrected chi connectivity index (χ3v) is 3.56. The van der Waals surface area contributed by atoms with E-state index in [1.165, 1.54) is 12.1 Å². The summed E-state index contributed by atoms with van der Waals surface area (Å²) in [4.78, 5) is 17.3. The lowest BCUT2D eigenvalue weighted by molar-refractivity contribution is -0.275. The number of nitrogens with zero attached hydrogens (tertiary/aromatic N) is 2. The van der Waals surface area contributed by atoms with Gasteiger partial charge in [-0.05, 0) is 30.7 Å². The molecule has 1 aromatic carbocycles. The minimum atomic E-state index is -4.85. The van der Waals surface area contributed by atoms with Gasteiger partial charge in [0.05, 0.1) is 17.4 Å². The number of amides is 1. The first-order chi connectivity index (χ1) is 12.2. The minimum absolute atomic E-state index is 0.0400. The predicted octanol–water partition coefficient (Wildman–Crippen LogP) is 3.56. The number of hydrogen-bond acceptors (Lipinski definition) is 4. The molecule has 1 unspecified atom stereocenters. The summed E-state index contributed by atoms with van der Waals surface area (Å²) in [5, 5.41) is 0. The Morgan fingerprint density at radius 2 is 1.96 bits per heavy atom. The maximum absolute atomic E-state index is 12.5. The fraction of sp³-hybridized carbons (Fsp3) is 0.294. The van der Waals surface area contributed by atoms with Crippen LogP contribution in [0, 0.1) is 5.82 Å². The highest BCUT2D eigenvalue weighted by Crippen LogP contribution is 2.30. The van der Waals surface area contributed by atoms with Gasteiger partial charge in [0.2, 0.25) is 5.91 Å². The average molecular weight is 371 g/mol. The number of hydrogen-bond donors (Lipinski definition) is 1. The third kappa shape index (κ3) is 5.16. The molecule has 1 aromatic heterocycles. The van der Waals surface area contributed by atoms with Crippen LogP contribution in [0.5, 0.6) is 5.75 Å². The first-order valence-corrected chi connectivity index (χ1v) is 7.68. The zero-order valence-electron chi connectivity index (χ0n) is 13.8. The molecule has 1 aliphatic heterocycles. The van der Waals surface area contributed by atoms with Gasteiger partial charge in [-0.3, -0.25) is 9.78 Å². The number of para-hydroxylation sites is 1. The van der Waals surface area contributed by atoms with Gasteiger partial charge >= 0.3 is 6.36 Å². The van der Waals surface area contributed by atoms with Crippen LogP contribution in [0.15, 0.2) is 42.6 Å². The number of aromatic nitrogens is 1. The van der Waals surface area contributed by atoms with Crippen molar-refractivity contribution in [2.24, 2.45) is 5.73 Å². The molecule has 2 heterocycles. The summed E-state index contributed by atoms with van der Waals surface area (Å²) in [6.07, 6.45) is -2.35. The Hall–Kier alpha value is -2.68. The molecule has 0 saturated carbocycles. The highest BCUT2D eigenvalue weighted by molar-refractivity contribution is 5.92. The van der Waals surface area contributed by atoms with E-state index in [0.29, 0.717) is 6.54 Å². The Kier molecular flexibility index (Phi) is 6.14. The van der Waals surface area contributed by atoms with Crippen molar-refractivity contribution in [3.8, 4) is 5.75 Å². The number of carbonyl (C=O) groups is 1. The minimum Gasteiger partial charge on any atom is -0.403 e. The van der Waals surface area contributed by atoms with E-state index in [0.717, 1.165) is 29.9 Å². The largest absolute Gasteiger partial charge is 0.573 e. The van der Waals surface area contributed by atoms with Gasteiger partial charge in [-0.2, -0.15) is 0 Å². The van der Waals surface area contributed by atoms with Crippen LogP contribution in [0.4, 0.5) is 23.2 Å². The fourth-order valence-electron chi connectivity index (χ4n) is 2.43. The topological polar surface area (TPSA) is 68.5 Å². The Balaban J connectivity index is 0.000000190. The maximum atomic E-state index is 12.5. The molecule has 1 atom stereocenters. The van der Waals surface area contributed by atoms with Crippen LogP contribution >= 0.6 is 0 Å². The van der Waals surface area contributed by atoms with Crippen molar-refractivity contribution in [2.45, 2.75) is 25.7 Å². The summed E-state index contributed by atoms with van der Waals surface area (Å²) in [5.74, 6) is -1.80. The van der Waals surface area contributed by atoms with E-state index in [9.17, 15) is 22.4 Å². The van der Waals surface area contributed by atoms with Gasteiger partial charge in [0, 0.05) is 19.7 Å². The zero-order chi connectivity index (χ0) is 19.3. The number of rotatable bonds is 1. The number of ether oxygens (including phenoxy) is 1. The van der Waals surface area contributed by atoms with Crippen molar-refractivity contribution in [1.82, 2.24) is 4.98 Å². The molecule has 0 saturated heterocycles. The molecule has 0 radical (unpaired) electrons. The highest BCUT2D eigenvalue weighted by Gasteiger charge is 2.32. The van der Waals surface area contributed by atoms with Gasteiger partial charge in [0.1, 0.15) is 0 Å². The summed E-state index contributed by atoms with van der Waals surface area (Å²) in [5.41, 5.74) is 7.60. The first-order valence-electron chi connectivity index (χ1n) is 7.68. The van der Waals surface area contributed by atoms with E-state index >= 15 is 0 Å². The van der Waals surface area contributed by atoms with E-state index in [1.54, 1.807) is 18.0 Å². The molecule has 26 heavy (non-hydrogen) atoms. The third-order valence-electron chi connectivity index (χ3n) is 3.56. The number of nitrogens with two attached hydrogens (primary N) is 1. The van der Waals surface area contributed by atoms with Crippen molar-refractivity contribution >= 4 is 11.6 Å². The average Bonchev–Trinajstić information content (AvgIpc) is 2.57. The summed E-state index contributed by atoms with van der Waals surface area (Å²) in [6.45, 7) is 2.25. The van der Waals surface area contributed by atoms with Gasteiger partial charge in [-0.1, -0.05) is 12.1 Å². The molecule has 0 spiro atoms. The lowest BCUT2D eigenvalue weighted by Gasteiger charge is -2.30. The quantitative estimate of drug-likeness (QED) is 0.779. The van der Waals surface area contributed by atoms with Crippen molar-refractivity contribution in [3.05, 3.63) is 54.1 Å². The molecule has 2 N–H and O–H groups in total. The van der Waals surface area contributed by atoms with Gasteiger partial charge < -0.3 is 15.4 Å². The second kappa shape index (κ2) is 8.13. The van der Waals surface area contributed by atoms with Crippen LogP contribution in [0.25, 0.3) is 0 Å². The Bertz CT molecular complexity index is 768. The number of fused-ring (bicyclic) bond motifs is 1. The molecule has 9 heteroatoms. The van der Waals surface area contributed by atoms with Crippen molar-refractivity contribution in [1.29, 1.82) is 0 Å². The summed E-state index contributed by atoms with van der Waals surface area (Å²) >= 11 is 0. The van der Waals surface area contributed by atoms with E-state index in [2.05, 4.69) is 9.72 Å². The Morgan fingerprint density at radius 1 is 1.27 bits per heavy atom. The van der Waals surface area contributed by atoms with Gasteiger partial charge in [-0.25, -0.2) is 4.39 Å². The predicted molar refractivity (Wildman–Crippen MR) is 86.9 cm³/mol. The van der Waals surface area contributed by atoms with Crippen LogP contribution in [-0.2, 0) is 4.79 Å². The normalized spacial score (nSPS) is 16.2. The van der Waals surface area contributed by atoms with Gasteiger partial charge in [-0.15, -0.1) is 13.2 Å². The van der Waals surface area contributed by atoms with Crippen LogP contribution in [0.2, 0.25) is 0 Å². The molecule has 0 aliphatic carbocycles.